The van der Waals surface area contributed by atoms with Crippen molar-refractivity contribution in [3.05, 3.63) is 235 Å². The Morgan fingerprint density at radius 1 is 0.388 bits per heavy atom. The van der Waals surface area contributed by atoms with Gasteiger partial charge < -0.3 is 0 Å². The van der Waals surface area contributed by atoms with Gasteiger partial charge in [0.2, 0.25) is 11.4 Å². The van der Waals surface area contributed by atoms with Crippen LogP contribution in [0.1, 0.15) is 113 Å². The Bertz CT molecular complexity index is 2630. The summed E-state index contributed by atoms with van der Waals surface area (Å²) in [5.41, 5.74) is 24.7. The van der Waals surface area contributed by atoms with E-state index in [2.05, 4.69) is 149 Å². The van der Waals surface area contributed by atoms with E-state index in [1.54, 1.807) is 11.1 Å². The first-order valence-corrected chi connectivity index (χ1v) is 17.9. The summed E-state index contributed by atoms with van der Waals surface area (Å²) >= 11 is 0. The Labute approximate surface area is 285 Å². The summed E-state index contributed by atoms with van der Waals surface area (Å²) in [4.78, 5) is 0. The largest absolute Gasteiger partial charge is 0.416 e. The van der Waals surface area contributed by atoms with Gasteiger partial charge >= 0.3 is 5.66 Å². The molecular formula is C47H32N2+2. The predicted molar refractivity (Wildman–Crippen MR) is 188 cm³/mol. The van der Waals surface area contributed by atoms with E-state index < -0.39 is 5.66 Å². The summed E-state index contributed by atoms with van der Waals surface area (Å²) in [6.45, 7) is 0. The molecule has 228 valence electrons. The number of hydrogen-bond donors (Lipinski definition) is 0. The molecule has 4 atom stereocenters. The van der Waals surface area contributed by atoms with Crippen molar-refractivity contribution in [2.24, 2.45) is 0 Å². The van der Waals surface area contributed by atoms with Crippen LogP contribution in [0.2, 0.25) is 0 Å². The number of pyridine rings is 2. The summed E-state index contributed by atoms with van der Waals surface area (Å²) in [6.07, 6.45) is 7.77. The van der Waals surface area contributed by atoms with Gasteiger partial charge in [-0.2, -0.15) is 0 Å². The van der Waals surface area contributed by atoms with E-state index in [1.807, 2.05) is 0 Å². The lowest BCUT2D eigenvalue weighted by molar-refractivity contribution is -0.980. The minimum Gasteiger partial charge on any atom is -0.129 e. The Morgan fingerprint density at radius 3 is 1.59 bits per heavy atom. The second-order valence-corrected chi connectivity index (χ2v) is 15.1. The van der Waals surface area contributed by atoms with Gasteiger partial charge in [-0.25, -0.2) is 0 Å². The van der Waals surface area contributed by atoms with Crippen LogP contribution in [0.5, 0.6) is 0 Å². The van der Waals surface area contributed by atoms with Crippen LogP contribution in [0, 0.1) is 0 Å². The first-order chi connectivity index (χ1) is 24.3. The van der Waals surface area contributed by atoms with Crippen LogP contribution in [0.15, 0.2) is 140 Å². The lowest BCUT2D eigenvalue weighted by Gasteiger charge is -2.49. The molecule has 2 nitrogen and oxygen atoms in total. The van der Waals surface area contributed by atoms with Crippen LogP contribution in [0.3, 0.4) is 0 Å². The highest BCUT2D eigenvalue weighted by Gasteiger charge is 2.70. The number of hydrogen-bond acceptors (Lipinski definition) is 0. The molecule has 6 aliphatic rings. The van der Waals surface area contributed by atoms with Crippen molar-refractivity contribution in [2.45, 2.75) is 42.7 Å². The molecule has 4 unspecified atom stereocenters. The summed E-state index contributed by atoms with van der Waals surface area (Å²) in [5, 5.41) is 0. The second-order valence-electron chi connectivity index (χ2n) is 15.1. The highest BCUT2D eigenvalue weighted by molar-refractivity contribution is 5.73. The third-order valence-electron chi connectivity index (χ3n) is 13.2. The molecule has 4 aliphatic carbocycles. The number of fused-ring (bicyclic) bond motifs is 10. The summed E-state index contributed by atoms with van der Waals surface area (Å²) in [5.74, 6) is 0.584. The minimum atomic E-state index is -0.530. The lowest BCUT2D eigenvalue weighted by atomic mass is 9.56. The molecule has 4 heterocycles. The molecule has 49 heavy (non-hydrogen) atoms. The maximum Gasteiger partial charge on any atom is 0.416 e. The molecular weight excluding hydrogens is 593 g/mol. The number of benzene rings is 5. The summed E-state index contributed by atoms with van der Waals surface area (Å²) in [6, 6.07) is 49.6. The molecule has 2 aliphatic heterocycles. The van der Waals surface area contributed by atoms with E-state index in [4.69, 9.17) is 0 Å². The number of nitrogens with zero attached hydrogens (tertiary/aromatic N) is 2. The number of rotatable bonds is 0. The fourth-order valence-electron chi connectivity index (χ4n) is 11.6. The van der Waals surface area contributed by atoms with Crippen molar-refractivity contribution < 1.29 is 9.13 Å². The molecule has 0 fully saturated rings. The van der Waals surface area contributed by atoms with Crippen molar-refractivity contribution in [2.75, 3.05) is 0 Å². The van der Waals surface area contributed by atoms with Crippen molar-refractivity contribution in [3.8, 4) is 0 Å². The quantitative estimate of drug-likeness (QED) is 0.153. The van der Waals surface area contributed by atoms with E-state index in [9.17, 15) is 0 Å². The first-order valence-electron chi connectivity index (χ1n) is 17.9. The zero-order chi connectivity index (χ0) is 31.6. The van der Waals surface area contributed by atoms with E-state index in [1.165, 1.54) is 83.7 Å². The van der Waals surface area contributed by atoms with Crippen molar-refractivity contribution >= 4 is 0 Å². The van der Waals surface area contributed by atoms with Crippen molar-refractivity contribution in [3.63, 3.8) is 0 Å². The monoisotopic (exact) mass is 624 g/mol. The van der Waals surface area contributed by atoms with Crippen LogP contribution < -0.4 is 9.13 Å². The van der Waals surface area contributed by atoms with Gasteiger partial charge in [0, 0.05) is 36.1 Å². The summed E-state index contributed by atoms with van der Waals surface area (Å²) in [7, 11) is 0. The maximum atomic E-state index is 2.77. The van der Waals surface area contributed by atoms with Gasteiger partial charge in [-0.15, -0.1) is 9.13 Å². The van der Waals surface area contributed by atoms with Gasteiger partial charge in [-0.05, 0) is 85.7 Å². The highest BCUT2D eigenvalue weighted by Crippen LogP contribution is 2.61. The first kappa shape index (κ1) is 25.4. The zero-order valence-electron chi connectivity index (χ0n) is 27.0. The maximum absolute atomic E-state index is 2.77. The predicted octanol–water partition coefficient (Wildman–Crippen LogP) is 7.75. The fourth-order valence-corrected chi connectivity index (χ4v) is 11.6. The molecule has 2 aromatic heterocycles. The zero-order valence-corrected chi connectivity index (χ0v) is 27.0. The van der Waals surface area contributed by atoms with Gasteiger partial charge in [-0.3, -0.25) is 0 Å². The van der Waals surface area contributed by atoms with Gasteiger partial charge in [0.05, 0.1) is 11.8 Å². The van der Waals surface area contributed by atoms with E-state index >= 15 is 0 Å². The topological polar surface area (TPSA) is 7.76 Å². The lowest BCUT2D eigenvalue weighted by Crippen LogP contribution is -2.81. The van der Waals surface area contributed by atoms with E-state index in [0.717, 1.165) is 19.3 Å². The molecule has 5 aromatic carbocycles. The number of aromatic nitrogens is 2. The third-order valence-corrected chi connectivity index (χ3v) is 13.2. The average molecular weight is 625 g/mol. The normalized spacial score (nSPS) is 22.7. The highest BCUT2D eigenvalue weighted by atomic mass is 15.3. The fraction of sp³-hybridized carbons (Fsp3) is 0.149. The van der Waals surface area contributed by atoms with Gasteiger partial charge in [0.25, 0.3) is 0 Å². The molecule has 13 rings (SSSR count). The Kier molecular flexibility index (Phi) is 4.42. The van der Waals surface area contributed by atoms with Crippen LogP contribution >= 0.6 is 0 Å². The van der Waals surface area contributed by atoms with Crippen molar-refractivity contribution in [1.29, 1.82) is 0 Å². The summed E-state index contributed by atoms with van der Waals surface area (Å²) < 4.78 is 5.49. The molecule has 0 bridgehead atoms. The minimum absolute atomic E-state index is 0.187. The SMILES string of the molecule is c1ccc2c(c1)Cc1ccc3c4c1C2c1ccc2c5c1C4([n+]1ccccc1C5c1ccccc1C2)[n+]1cccc2c1C3c1ccccc1C2. The van der Waals surface area contributed by atoms with E-state index in [-0.39, 0.29) is 17.8 Å². The molecule has 0 N–H and O–H groups in total. The van der Waals surface area contributed by atoms with Gasteiger partial charge in [0.1, 0.15) is 11.1 Å². The standard InChI is InChI=1S/C47H32N2/c1-4-14-33-27(10-1)24-30-19-21-37-42-34-15-5-2-12-29(34)26-32-13-9-23-49(46(32)42)47-44-36(41(33)39(30)45(37)47)20-18-31-25-28-11-3-6-16-35(28)43(40(31)44)38-17-7-8-22-48(38)47/h1-23,41-43H,24-26H2/q+2. The van der Waals surface area contributed by atoms with Crippen LogP contribution in [-0.4, -0.2) is 0 Å². The molecule has 7 aromatic rings. The van der Waals surface area contributed by atoms with E-state index in [0.29, 0.717) is 0 Å². The molecule has 0 saturated carbocycles. The molecule has 0 radical (unpaired) electrons. The van der Waals surface area contributed by atoms with Gasteiger partial charge in [-0.1, -0.05) is 103 Å². The molecule has 1 spiro atoms. The molecule has 2 heteroatoms. The Balaban J connectivity index is 1.28. The average Bonchev–Trinajstić information content (AvgIpc) is 3.16. The van der Waals surface area contributed by atoms with Crippen molar-refractivity contribution in [1.82, 2.24) is 0 Å². The van der Waals surface area contributed by atoms with Crippen LogP contribution in [0.25, 0.3) is 0 Å². The molecule has 0 saturated heterocycles. The smallest absolute Gasteiger partial charge is 0.129 e. The van der Waals surface area contributed by atoms with Crippen LogP contribution in [0.4, 0.5) is 0 Å². The Hall–Kier alpha value is -5.60. The second kappa shape index (κ2) is 8.51. The Morgan fingerprint density at radius 2 is 0.898 bits per heavy atom. The van der Waals surface area contributed by atoms with Crippen LogP contribution in [-0.2, 0) is 24.9 Å². The third kappa shape index (κ3) is 2.76. The molecule has 0 amide bonds. The van der Waals surface area contributed by atoms with Gasteiger partial charge in [0.15, 0.2) is 12.4 Å².